The average Bonchev–Trinajstić information content (AvgIpc) is 1.50. The maximum Gasteiger partial charge on any atom is 0.305 e. The lowest BCUT2D eigenvalue weighted by Gasteiger charge is -2.38. The summed E-state index contributed by atoms with van der Waals surface area (Å²) in [4.78, 5) is 248. The van der Waals surface area contributed by atoms with Crippen LogP contribution in [0.5, 0.6) is 11.5 Å². The van der Waals surface area contributed by atoms with Gasteiger partial charge in [-0.25, -0.2) is 13.2 Å². The smallest absolute Gasteiger partial charge is 0.305 e. The number of para-hydroxylation sites is 1. The van der Waals surface area contributed by atoms with E-state index in [1.54, 1.807) is 119 Å². The van der Waals surface area contributed by atoms with Crippen molar-refractivity contribution in [1.29, 1.82) is 0 Å². The number of H-pyrrole nitrogens is 1. The van der Waals surface area contributed by atoms with Gasteiger partial charge in [-0.1, -0.05) is 151 Å². The van der Waals surface area contributed by atoms with Gasteiger partial charge in [0.2, 0.25) is 88.6 Å². The van der Waals surface area contributed by atoms with Crippen molar-refractivity contribution >= 4 is 129 Å². The summed E-state index contributed by atoms with van der Waals surface area (Å²) >= 11 is 1.83. The molecule has 10 rings (SSSR count). The normalized spacial score (nSPS) is 23.3. The van der Waals surface area contributed by atoms with E-state index in [2.05, 4.69) is 52.8 Å². The van der Waals surface area contributed by atoms with Gasteiger partial charge in [-0.05, 0) is 113 Å². The molecule has 3 aliphatic heterocycles. The molecule has 0 radical (unpaired) electrons. The summed E-state index contributed by atoms with van der Waals surface area (Å²) in [5.41, 5.74) is 7.95. The fraction of sp³-hybridized carbons (Fsp3) is 0.438. The van der Waals surface area contributed by atoms with Crippen LogP contribution < -0.4 is 53.6 Å². The molecule has 728 valence electrons. The number of phenols is 2. The SMILES string of the molecule is CCCC[C@H]1C(=O)N2CCC[C@@H]2C(=O)N[C@@H](CC(=O)O)C(=O)N[C@@H](C(C)C)C(=O)N(C)[C@@H](Cc2ccccc2)C(=O)N[C@@H](Cc2ccc(O)cc2)C(=O)N2CSC[C@@H]2C(=O)N[C@@H](Cc2c[nH]c3ccccc23)C(=O)N[C@@H](Cc2ccc(O)cc2)C(=O)N[C@@H](CC(C)C)C(=O)N[C@H](C(=O)NCC(N)=O)CSCC(=O)N[C@@H](Cc2cc(F)c(F)c(F)c2)C(=O)N(C)[C@@H](Cc2ccccc2)C(=O)N1C. The van der Waals surface area contributed by atoms with Crippen LogP contribution in [0.4, 0.5) is 13.2 Å². The van der Waals surface area contributed by atoms with Crippen LogP contribution in [-0.2, 0) is 115 Å². The van der Waals surface area contributed by atoms with E-state index >= 15 is 56.7 Å². The molecule has 136 heavy (non-hydrogen) atoms. The second kappa shape index (κ2) is 49.1. The standard InChI is InChI=1S/C96H117F3N16O19S2/c1-9-10-26-75-95(133)114-36-19-27-74(114)89(127)107-70(46-81(120)121)88(126)110-83(54(4)5)96(134)112(7)76(43-55-20-13-11-14-21-55)90(128)108-72(41-58-30-34-62(117)35-31-58)93(131)115-52-136-50-78(115)91(129)106-69(45-60-47-101-66-25-18-17-24-63(60)66)87(125)105-68(40-57-28-32-61(116)33-29-57)86(124)104-67(37-53(2)3)85(123)109-73(84(122)102-48-79(100)118)49-135-51-80(119)103-71(42-59-38-64(97)82(99)65(98)39-59)92(130)113(8)77(94(132)111(75)6)44-56-22-15-12-16-23-56/h11-18,20-25,28-35,38-39,47,53-54,67-78,83,101,116-117H,9-10,19,26-27,36-37,40-46,48-52H2,1-8H3,(H2,100,118)(H,102,122)(H,103,119)(H,104,124)(H,105,125)(H,106,129)(H,107,127)(H,108,128)(H,109,123)(H,110,126)(H,120,121)/t67-,68-,69-,70-,71-,72-,73-,74+,75-,76-,77-,78+,83-/m0/s1. The first-order valence-electron chi connectivity index (χ1n) is 44.9. The van der Waals surface area contributed by atoms with Gasteiger partial charge in [-0.15, -0.1) is 23.5 Å². The van der Waals surface area contributed by atoms with Gasteiger partial charge >= 0.3 is 5.97 Å². The van der Waals surface area contributed by atoms with Gasteiger partial charge < -0.3 is 98.4 Å². The third-order valence-electron chi connectivity index (χ3n) is 24.0. The molecule has 0 bridgehead atoms. The lowest BCUT2D eigenvalue weighted by molar-refractivity contribution is -0.152. The highest BCUT2D eigenvalue weighted by Crippen LogP contribution is 2.30. The summed E-state index contributed by atoms with van der Waals surface area (Å²) in [6, 6.07) is 15.3. The Bertz CT molecular complexity index is 5450. The number of primary amides is 1. The Kier molecular flexibility index (Phi) is 37.8. The Hall–Kier alpha value is -13.5. The van der Waals surface area contributed by atoms with Crippen LogP contribution in [0.15, 0.2) is 152 Å². The number of fused-ring (bicyclic) bond motifs is 3. The fourth-order valence-electron chi connectivity index (χ4n) is 16.6. The number of aliphatic carboxylic acids is 1. The minimum atomic E-state index is -1.95. The van der Waals surface area contributed by atoms with E-state index in [0.29, 0.717) is 75.5 Å². The first-order chi connectivity index (χ1) is 64.8. The number of aromatic nitrogens is 1. The van der Waals surface area contributed by atoms with Gasteiger partial charge in [0.05, 0.1) is 24.6 Å². The molecule has 0 unspecified atom stereocenters. The number of unbranched alkanes of at least 4 members (excludes halogenated alkanes) is 1. The first-order valence-corrected chi connectivity index (χ1v) is 47.2. The van der Waals surface area contributed by atoms with Crippen LogP contribution in [0.25, 0.3) is 10.9 Å². The van der Waals surface area contributed by atoms with Crippen molar-refractivity contribution in [2.45, 2.75) is 197 Å². The Balaban J connectivity index is 1.06. The Morgan fingerprint density at radius 3 is 1.60 bits per heavy atom. The van der Waals surface area contributed by atoms with Crippen LogP contribution in [0.2, 0.25) is 0 Å². The molecular weight excluding hydrogens is 1800 g/mol. The molecule has 15 N–H and O–H groups in total. The molecular formula is C96H117F3N16O19S2. The number of nitrogens with one attached hydrogen (secondary N) is 10. The van der Waals surface area contributed by atoms with Crippen LogP contribution >= 0.6 is 23.5 Å². The lowest BCUT2D eigenvalue weighted by atomic mass is 9.98. The second-order valence-electron chi connectivity index (χ2n) is 35.0. The van der Waals surface area contributed by atoms with E-state index in [9.17, 15) is 48.5 Å². The van der Waals surface area contributed by atoms with Crippen molar-refractivity contribution in [3.8, 4) is 11.5 Å². The van der Waals surface area contributed by atoms with Crippen molar-refractivity contribution in [3.05, 3.63) is 203 Å². The zero-order valence-electron chi connectivity index (χ0n) is 76.7. The number of halogens is 3. The number of nitrogens with zero attached hydrogens (tertiary/aromatic N) is 5. The van der Waals surface area contributed by atoms with Crippen LogP contribution in [0.1, 0.15) is 113 Å². The van der Waals surface area contributed by atoms with Gasteiger partial charge in [-0.3, -0.25) is 76.7 Å². The number of likely N-dealkylation sites (N-methyl/N-ethyl adjacent to an activating group) is 3. The number of aromatic hydroxyl groups is 2. The number of carboxylic acid groups (broad SMARTS) is 1. The molecule has 0 aliphatic carbocycles. The number of aromatic amines is 1. The van der Waals surface area contributed by atoms with Gasteiger partial charge in [0.15, 0.2) is 17.5 Å². The molecule has 3 saturated heterocycles. The molecule has 40 heteroatoms. The zero-order chi connectivity index (χ0) is 98.9. The number of rotatable bonds is 23. The molecule has 7 aromatic rings. The second-order valence-corrected chi connectivity index (χ2v) is 37.0. The average molecular weight is 1920 g/mol. The van der Waals surface area contributed by atoms with Crippen molar-refractivity contribution in [3.63, 3.8) is 0 Å². The maximum atomic E-state index is 15.8. The van der Waals surface area contributed by atoms with Crippen LogP contribution in [0.3, 0.4) is 0 Å². The lowest BCUT2D eigenvalue weighted by Crippen LogP contribution is -2.62. The molecule has 6 aromatic carbocycles. The summed E-state index contributed by atoms with van der Waals surface area (Å²) < 4.78 is 45.1. The molecule has 1 aromatic heterocycles. The topological polar surface area (TPSA) is 500 Å². The van der Waals surface area contributed by atoms with E-state index in [4.69, 9.17) is 5.73 Å². The van der Waals surface area contributed by atoms with Gasteiger partial charge in [0, 0.05) is 94.8 Å². The molecule has 15 amide bonds. The minimum Gasteiger partial charge on any atom is -0.508 e. The zero-order valence-corrected chi connectivity index (χ0v) is 78.3. The summed E-state index contributed by atoms with van der Waals surface area (Å²) in [6.45, 7) is 7.47. The molecule has 0 spiro atoms. The molecule has 3 aliphatic rings. The number of carbonyl (C=O) groups excluding carboxylic acids is 15. The highest BCUT2D eigenvalue weighted by atomic mass is 32.2. The van der Waals surface area contributed by atoms with E-state index in [1.807, 2.05) is 6.92 Å². The van der Waals surface area contributed by atoms with E-state index in [1.165, 1.54) is 79.5 Å². The molecule has 35 nitrogen and oxygen atoms in total. The number of thioether (sulfide) groups is 2. The Morgan fingerprint density at radius 1 is 0.500 bits per heavy atom. The van der Waals surface area contributed by atoms with Crippen molar-refractivity contribution < 1.29 is 105 Å². The largest absolute Gasteiger partial charge is 0.508 e. The first kappa shape index (κ1) is 105. The van der Waals surface area contributed by atoms with Crippen LogP contribution in [-0.4, -0.2) is 275 Å². The van der Waals surface area contributed by atoms with Gasteiger partial charge in [-0.2, -0.15) is 0 Å². The third kappa shape index (κ3) is 28.5. The minimum absolute atomic E-state index is 0.0437. The number of hydrogen-bond acceptors (Lipinski definition) is 20. The maximum absolute atomic E-state index is 15.8. The van der Waals surface area contributed by atoms with Gasteiger partial charge in [0.25, 0.3) is 0 Å². The number of phenolic OH excluding ortho intramolecular Hbond substituents is 2. The molecule has 0 saturated carbocycles. The number of hydrogen-bond donors (Lipinski definition) is 14. The van der Waals surface area contributed by atoms with Crippen LogP contribution in [0, 0.1) is 29.3 Å². The Morgan fingerprint density at radius 2 is 1.01 bits per heavy atom. The summed E-state index contributed by atoms with van der Waals surface area (Å²) in [5.74, 6) is -24.3. The molecule has 13 atom stereocenters. The number of carbonyl (C=O) groups is 16. The summed E-state index contributed by atoms with van der Waals surface area (Å²) in [5, 5.41) is 55.8. The number of amides is 15. The predicted molar refractivity (Wildman–Crippen MR) is 499 cm³/mol. The molecule has 3 fully saturated rings. The van der Waals surface area contributed by atoms with Crippen molar-refractivity contribution in [1.82, 2.24) is 77.3 Å². The van der Waals surface area contributed by atoms with E-state index < -0.39 is 233 Å². The van der Waals surface area contributed by atoms with Crippen molar-refractivity contribution in [2.24, 2.45) is 17.6 Å². The highest BCUT2D eigenvalue weighted by Gasteiger charge is 2.47. The fourth-order valence-corrected chi connectivity index (χ4v) is 18.6. The van der Waals surface area contributed by atoms with Gasteiger partial charge in [0.1, 0.15) is 90.0 Å². The summed E-state index contributed by atoms with van der Waals surface area (Å²) in [7, 11) is 3.77. The van der Waals surface area contributed by atoms with E-state index in [-0.39, 0.29) is 93.0 Å². The summed E-state index contributed by atoms with van der Waals surface area (Å²) in [6.07, 6.45) is -0.975. The molecule has 4 heterocycles. The predicted octanol–water partition coefficient (Wildman–Crippen LogP) is 3.72. The third-order valence-corrected chi connectivity index (χ3v) is 26.1. The van der Waals surface area contributed by atoms with Crippen molar-refractivity contribution in [2.75, 3.05) is 57.4 Å². The Labute approximate surface area is 793 Å². The highest BCUT2D eigenvalue weighted by molar-refractivity contribution is 8.00. The quantitative estimate of drug-likeness (QED) is 0.0406. The number of benzene rings is 6. The monoisotopic (exact) mass is 1920 g/mol. The number of nitrogens with two attached hydrogens (primary N) is 1. The van der Waals surface area contributed by atoms with E-state index in [0.717, 1.165) is 26.5 Å². The number of carboxylic acids is 1.